The molecule has 0 radical (unpaired) electrons. The minimum absolute atomic E-state index is 0.0571. The topological polar surface area (TPSA) is 158 Å². The lowest BCUT2D eigenvalue weighted by Gasteiger charge is -2.13. The largest absolute Gasteiger partial charge is 0.433 e. The molecule has 0 saturated heterocycles. The van der Waals surface area contributed by atoms with Gasteiger partial charge in [-0.25, -0.2) is 0 Å². The molecule has 0 aliphatic carbocycles. The summed E-state index contributed by atoms with van der Waals surface area (Å²) < 4.78 is 62.3. The van der Waals surface area contributed by atoms with E-state index in [0.29, 0.717) is 34.7 Å². The molecule has 0 saturated carbocycles. The van der Waals surface area contributed by atoms with Crippen LogP contribution in [0.5, 0.6) is 0 Å². The SMILES string of the molecule is CC.CC.CC.CC.CC.CC.CC(C)(C)c1cc2ccoc2o1.CCc1cc2ccoc2o1.Cc1cc2c(C)coc2o1.Cc1coc2occ(C)c12.Cc1oc2occ(C)c2c1C.Cc1oc2occc2c1C. The van der Waals surface area contributed by atoms with Gasteiger partial charge >= 0.3 is 0 Å². The fourth-order valence-electron chi connectivity index (χ4n) is 6.76. The van der Waals surface area contributed by atoms with E-state index in [1.165, 1.54) is 11.1 Å². The van der Waals surface area contributed by atoms with Crippen LogP contribution in [-0.2, 0) is 11.8 Å². The molecule has 12 heteroatoms. The lowest BCUT2D eigenvalue weighted by molar-refractivity contribution is 0.389. The molecule has 12 heterocycles. The second-order valence-electron chi connectivity index (χ2n) is 16.5. The van der Waals surface area contributed by atoms with Crippen LogP contribution < -0.4 is 0 Å². The van der Waals surface area contributed by atoms with Gasteiger partial charge in [-0.1, -0.05) is 111 Å². The zero-order chi connectivity index (χ0) is 57.2. The molecule has 75 heavy (non-hydrogen) atoms. The first-order chi connectivity index (χ1) is 36.0. The second kappa shape index (κ2) is 33.0. The molecular weight excluding hydrogens is 949 g/mol. The van der Waals surface area contributed by atoms with Crippen molar-refractivity contribution in [2.24, 2.45) is 0 Å². The maximum Gasteiger partial charge on any atom is 0.297 e. The summed E-state index contributed by atoms with van der Waals surface area (Å²) in [5, 5.41) is 6.49. The van der Waals surface area contributed by atoms with Crippen LogP contribution in [0.15, 0.2) is 133 Å². The third kappa shape index (κ3) is 17.5. The van der Waals surface area contributed by atoms with Crippen molar-refractivity contribution < 1.29 is 53.0 Å². The van der Waals surface area contributed by atoms with Crippen LogP contribution in [0, 0.1) is 62.3 Å². The first-order valence-electron chi connectivity index (χ1n) is 26.7. The summed E-state index contributed by atoms with van der Waals surface area (Å²) in [5.74, 6) is 8.55. The van der Waals surface area contributed by atoms with Crippen molar-refractivity contribution in [1.29, 1.82) is 0 Å². The summed E-state index contributed by atoms with van der Waals surface area (Å²) >= 11 is 0. The molecule has 0 aliphatic rings. The molecule has 0 bridgehead atoms. The van der Waals surface area contributed by atoms with Gasteiger partial charge in [-0.2, -0.15) is 0 Å². The highest BCUT2D eigenvalue weighted by molar-refractivity contribution is 5.82. The average Bonchev–Trinajstić information content (AvgIpc) is 4.25. The van der Waals surface area contributed by atoms with E-state index in [1.807, 2.05) is 182 Å². The van der Waals surface area contributed by atoms with E-state index in [2.05, 4.69) is 27.7 Å². The number of furan rings is 12. The fourth-order valence-corrected chi connectivity index (χ4v) is 6.76. The van der Waals surface area contributed by atoms with Gasteiger partial charge in [-0.15, -0.1) is 0 Å². The normalized spacial score (nSPS) is 9.99. The highest BCUT2D eigenvalue weighted by atomic mass is 16.5. The Morgan fingerprint density at radius 2 is 0.800 bits per heavy atom. The van der Waals surface area contributed by atoms with E-state index in [9.17, 15) is 0 Å². The van der Waals surface area contributed by atoms with Crippen molar-refractivity contribution in [3.8, 4) is 0 Å². The number of aryl methyl sites for hydroxylation is 10. The maximum absolute atomic E-state index is 5.51. The predicted octanol–water partition coefficient (Wildman–Crippen LogP) is 22.9. The minimum atomic E-state index is 0.0571. The summed E-state index contributed by atoms with van der Waals surface area (Å²) in [6.07, 6.45) is 12.7. The van der Waals surface area contributed by atoms with Gasteiger partial charge in [0.25, 0.3) is 34.7 Å². The Hall–Kier alpha value is -7.08. The monoisotopic (exact) mass is 1040 g/mol. The van der Waals surface area contributed by atoms with E-state index in [-0.39, 0.29) is 5.41 Å². The third-order valence-corrected chi connectivity index (χ3v) is 10.6. The van der Waals surface area contributed by atoms with Crippen molar-refractivity contribution in [3.63, 3.8) is 0 Å². The summed E-state index contributed by atoms with van der Waals surface area (Å²) in [6, 6.07) is 11.7. The Morgan fingerprint density at radius 3 is 1.27 bits per heavy atom. The van der Waals surface area contributed by atoms with Gasteiger partial charge in [0.1, 0.15) is 28.8 Å². The van der Waals surface area contributed by atoms with Crippen LogP contribution in [0.25, 0.3) is 67.0 Å². The van der Waals surface area contributed by atoms with Crippen LogP contribution >= 0.6 is 0 Å². The van der Waals surface area contributed by atoms with E-state index in [4.69, 9.17) is 53.0 Å². The smallest absolute Gasteiger partial charge is 0.297 e. The molecule has 12 aromatic heterocycles. The van der Waals surface area contributed by atoms with Crippen LogP contribution in [0.3, 0.4) is 0 Å². The Bertz CT molecular complexity index is 3230. The minimum Gasteiger partial charge on any atom is -0.433 e. The fraction of sp³-hybridized carbons (Fsp3) is 0.429. The van der Waals surface area contributed by atoms with E-state index in [1.54, 1.807) is 43.8 Å². The molecule has 0 aliphatic heterocycles. The zero-order valence-corrected chi connectivity index (χ0v) is 50.1. The van der Waals surface area contributed by atoms with Crippen LogP contribution in [-0.4, -0.2) is 0 Å². The van der Waals surface area contributed by atoms with Crippen LogP contribution in [0.1, 0.15) is 173 Å². The van der Waals surface area contributed by atoms with Crippen LogP contribution in [0.2, 0.25) is 0 Å². The molecular formula is C63H90O12. The van der Waals surface area contributed by atoms with Gasteiger partial charge < -0.3 is 53.0 Å². The van der Waals surface area contributed by atoms with Gasteiger partial charge in [0, 0.05) is 23.0 Å². The summed E-state index contributed by atoms with van der Waals surface area (Å²) in [6.45, 7) is 50.3. The number of hydrogen-bond donors (Lipinski definition) is 0. The molecule has 12 rings (SSSR count). The lowest BCUT2D eigenvalue weighted by atomic mass is 9.93. The predicted molar refractivity (Wildman–Crippen MR) is 310 cm³/mol. The van der Waals surface area contributed by atoms with Crippen LogP contribution in [0.4, 0.5) is 0 Å². The van der Waals surface area contributed by atoms with Gasteiger partial charge in [-0.05, 0) is 121 Å². The van der Waals surface area contributed by atoms with Gasteiger partial charge in [-0.3, -0.25) is 0 Å². The first kappa shape index (κ1) is 65.9. The van der Waals surface area contributed by atoms with E-state index < -0.39 is 0 Å². The third-order valence-electron chi connectivity index (χ3n) is 10.6. The maximum atomic E-state index is 5.51. The van der Waals surface area contributed by atoms with Crippen molar-refractivity contribution >= 4 is 67.0 Å². The Kier molecular flexibility index (Phi) is 29.0. The molecule has 0 amide bonds. The molecule has 12 nitrogen and oxygen atoms in total. The Labute approximate surface area is 445 Å². The molecule has 0 N–H and O–H groups in total. The van der Waals surface area contributed by atoms with Crippen molar-refractivity contribution in [2.45, 2.75) is 185 Å². The van der Waals surface area contributed by atoms with Gasteiger partial charge in [0.05, 0.1) is 76.2 Å². The van der Waals surface area contributed by atoms with Gasteiger partial charge in [0.15, 0.2) is 0 Å². The number of hydrogen-bond acceptors (Lipinski definition) is 12. The quantitative estimate of drug-likeness (QED) is 0.153. The highest BCUT2D eigenvalue weighted by Crippen LogP contribution is 2.31. The standard InChI is InChI=1S/C10H12O2.C9H10O2.4C8H8O2.6C2H6/c1-10(2,3)8-6-7-4-5-11-9(7)12-8;1-5-4-10-9-8(5)6(2)7(3)11-9;1-5-4-9-8-7(5)3-6(2)10-8;1-5-3-9-8-7(5)6(2)4-10-8;1-5-6(2)10-8-7(5)3-4-9-8;1-2-7-5-6-3-4-9-8(6)10-7;6*1-2/h4-6H,1-3H3;4H,1-3H3;3*3-4H,1-2H3;3-5H,2H2,1H3;6*1-2H3. The molecule has 0 spiro atoms. The van der Waals surface area contributed by atoms with Crippen molar-refractivity contribution in [1.82, 2.24) is 0 Å². The van der Waals surface area contributed by atoms with E-state index >= 15 is 0 Å². The molecule has 0 atom stereocenters. The summed E-state index contributed by atoms with van der Waals surface area (Å²) in [5.41, 5.74) is 6.97. The molecule has 0 aromatic carbocycles. The molecule has 0 unspecified atom stereocenters. The van der Waals surface area contributed by atoms with Crippen molar-refractivity contribution in [2.75, 3.05) is 0 Å². The Morgan fingerprint density at radius 1 is 0.373 bits per heavy atom. The van der Waals surface area contributed by atoms with Gasteiger partial charge in [0.2, 0.25) is 0 Å². The average molecular weight is 1040 g/mol. The lowest BCUT2D eigenvalue weighted by Crippen LogP contribution is -2.08. The highest BCUT2D eigenvalue weighted by Gasteiger charge is 2.20. The first-order valence-corrected chi connectivity index (χ1v) is 26.7. The molecule has 12 aromatic rings. The Balaban J connectivity index is 0.000000432. The summed E-state index contributed by atoms with van der Waals surface area (Å²) in [7, 11) is 0. The zero-order valence-electron chi connectivity index (χ0n) is 50.1. The molecule has 414 valence electrons. The molecule has 0 fully saturated rings. The summed E-state index contributed by atoms with van der Waals surface area (Å²) in [4.78, 5) is 0. The number of rotatable bonds is 1. The van der Waals surface area contributed by atoms with Crippen molar-refractivity contribution in [3.05, 3.63) is 142 Å². The van der Waals surface area contributed by atoms with E-state index in [0.717, 1.165) is 89.8 Å². The number of fused-ring (bicyclic) bond motifs is 6. The second-order valence-corrected chi connectivity index (χ2v) is 16.5.